The average Bonchev–Trinajstić information content (AvgIpc) is 2.97. The summed E-state index contributed by atoms with van der Waals surface area (Å²) >= 11 is 1.43. The number of sulfonamides is 1. The van der Waals surface area contributed by atoms with E-state index in [0.717, 1.165) is 5.01 Å². The molecule has 0 radical (unpaired) electrons. The van der Waals surface area contributed by atoms with Crippen molar-refractivity contribution in [1.29, 1.82) is 0 Å². The summed E-state index contributed by atoms with van der Waals surface area (Å²) in [7, 11) is -3.53. The zero-order valence-electron chi connectivity index (χ0n) is 9.12. The lowest BCUT2D eigenvalue weighted by atomic mass is 10.3. The van der Waals surface area contributed by atoms with Gasteiger partial charge in [0.05, 0.1) is 12.2 Å². The molecular formula is C9H12N4O2S2. The Kier molecular flexibility index (Phi) is 3.55. The summed E-state index contributed by atoms with van der Waals surface area (Å²) in [5, 5.41) is 8.69. The third kappa shape index (κ3) is 2.71. The number of aromatic nitrogens is 3. The normalized spacial score (nSPS) is 13.7. The van der Waals surface area contributed by atoms with E-state index in [2.05, 4.69) is 19.9 Å². The molecule has 0 amide bonds. The minimum atomic E-state index is -3.53. The van der Waals surface area contributed by atoms with E-state index in [1.807, 2.05) is 12.3 Å². The van der Waals surface area contributed by atoms with Crippen LogP contribution in [0.1, 0.15) is 24.4 Å². The molecule has 0 aliphatic heterocycles. The maximum atomic E-state index is 12.0. The lowest BCUT2D eigenvalue weighted by Gasteiger charge is -2.13. The first-order valence-corrected chi connectivity index (χ1v) is 7.40. The molecule has 2 N–H and O–H groups in total. The van der Waals surface area contributed by atoms with Crippen LogP contribution in [0, 0.1) is 0 Å². The summed E-state index contributed by atoms with van der Waals surface area (Å²) in [6.07, 6.45) is 4.92. The molecule has 2 aromatic rings. The largest absolute Gasteiger partial charge is 0.284 e. The van der Waals surface area contributed by atoms with E-state index >= 15 is 0 Å². The van der Waals surface area contributed by atoms with Crippen LogP contribution < -0.4 is 4.72 Å². The van der Waals surface area contributed by atoms with Gasteiger partial charge in [-0.05, 0) is 6.42 Å². The van der Waals surface area contributed by atoms with E-state index in [9.17, 15) is 8.42 Å². The van der Waals surface area contributed by atoms with Crippen molar-refractivity contribution in [2.75, 3.05) is 0 Å². The average molecular weight is 272 g/mol. The monoisotopic (exact) mass is 272 g/mol. The van der Waals surface area contributed by atoms with E-state index in [-0.39, 0.29) is 10.9 Å². The minimum absolute atomic E-state index is 0.132. The Bertz CT molecular complexity index is 548. The van der Waals surface area contributed by atoms with Crippen molar-refractivity contribution >= 4 is 21.4 Å². The molecule has 0 aliphatic rings. The SMILES string of the molecule is CC[C@@H](NS(=O)(=O)c1cn[nH]c1)c1nccs1. The van der Waals surface area contributed by atoms with Crippen LogP contribution in [0.25, 0.3) is 0 Å². The molecule has 2 heterocycles. The molecule has 2 rings (SSSR count). The molecular weight excluding hydrogens is 260 g/mol. The third-order valence-electron chi connectivity index (χ3n) is 2.24. The first-order chi connectivity index (χ1) is 8.13. The van der Waals surface area contributed by atoms with Gasteiger partial charge in [0.15, 0.2) is 0 Å². The molecule has 6 nitrogen and oxygen atoms in total. The van der Waals surface area contributed by atoms with Crippen molar-refractivity contribution in [3.05, 3.63) is 29.0 Å². The van der Waals surface area contributed by atoms with Gasteiger partial charge in [-0.2, -0.15) is 5.10 Å². The summed E-state index contributed by atoms with van der Waals surface area (Å²) in [6.45, 7) is 1.91. The number of H-pyrrole nitrogens is 1. The van der Waals surface area contributed by atoms with Gasteiger partial charge in [-0.1, -0.05) is 6.92 Å². The highest BCUT2D eigenvalue weighted by Crippen LogP contribution is 2.21. The van der Waals surface area contributed by atoms with Crippen LogP contribution >= 0.6 is 11.3 Å². The van der Waals surface area contributed by atoms with Crippen molar-refractivity contribution in [1.82, 2.24) is 19.9 Å². The number of hydrogen-bond acceptors (Lipinski definition) is 5. The molecule has 8 heteroatoms. The summed E-state index contributed by atoms with van der Waals surface area (Å²) in [6, 6.07) is -0.296. The van der Waals surface area contributed by atoms with Gasteiger partial charge < -0.3 is 0 Å². The molecule has 0 spiro atoms. The lowest BCUT2D eigenvalue weighted by molar-refractivity contribution is 0.549. The molecule has 0 fully saturated rings. The van der Waals surface area contributed by atoms with E-state index in [1.165, 1.54) is 23.7 Å². The van der Waals surface area contributed by atoms with Gasteiger partial charge in [-0.25, -0.2) is 18.1 Å². The number of thiazole rings is 1. The van der Waals surface area contributed by atoms with Crippen LogP contribution in [0.3, 0.4) is 0 Å². The Balaban J connectivity index is 2.20. The Morgan fingerprint density at radius 1 is 1.59 bits per heavy atom. The van der Waals surface area contributed by atoms with Gasteiger partial charge >= 0.3 is 0 Å². The molecule has 0 saturated carbocycles. The molecule has 0 bridgehead atoms. The number of nitrogens with zero attached hydrogens (tertiary/aromatic N) is 2. The fraction of sp³-hybridized carbons (Fsp3) is 0.333. The molecule has 0 unspecified atom stereocenters. The fourth-order valence-corrected chi connectivity index (χ4v) is 3.39. The van der Waals surface area contributed by atoms with E-state index in [4.69, 9.17) is 0 Å². The zero-order valence-corrected chi connectivity index (χ0v) is 10.8. The van der Waals surface area contributed by atoms with Crippen LogP contribution in [-0.2, 0) is 10.0 Å². The van der Waals surface area contributed by atoms with Crippen molar-refractivity contribution < 1.29 is 8.42 Å². The number of rotatable bonds is 5. The molecule has 2 aromatic heterocycles. The highest BCUT2D eigenvalue weighted by Gasteiger charge is 2.22. The fourth-order valence-electron chi connectivity index (χ4n) is 1.36. The van der Waals surface area contributed by atoms with Gasteiger partial charge in [-0.3, -0.25) is 5.10 Å². The highest BCUT2D eigenvalue weighted by atomic mass is 32.2. The van der Waals surface area contributed by atoms with Crippen molar-refractivity contribution in [2.45, 2.75) is 24.3 Å². The number of nitrogens with one attached hydrogen (secondary N) is 2. The van der Waals surface area contributed by atoms with Crippen molar-refractivity contribution in [3.8, 4) is 0 Å². The summed E-state index contributed by atoms with van der Waals surface area (Å²) in [5.74, 6) is 0. The molecule has 17 heavy (non-hydrogen) atoms. The topological polar surface area (TPSA) is 87.7 Å². The highest BCUT2D eigenvalue weighted by molar-refractivity contribution is 7.89. The lowest BCUT2D eigenvalue weighted by Crippen LogP contribution is -2.28. The van der Waals surface area contributed by atoms with Crippen LogP contribution in [0.5, 0.6) is 0 Å². The van der Waals surface area contributed by atoms with Crippen LogP contribution in [-0.4, -0.2) is 23.6 Å². The third-order valence-corrected chi connectivity index (χ3v) is 4.57. The first-order valence-electron chi connectivity index (χ1n) is 5.04. The van der Waals surface area contributed by atoms with Gasteiger partial charge in [-0.15, -0.1) is 11.3 Å². The zero-order chi connectivity index (χ0) is 12.3. The Hall–Kier alpha value is -1.25. The van der Waals surface area contributed by atoms with Crippen molar-refractivity contribution in [2.24, 2.45) is 0 Å². The van der Waals surface area contributed by atoms with Gasteiger partial charge in [0.25, 0.3) is 0 Å². The predicted octanol–water partition coefficient (Wildman–Crippen LogP) is 1.30. The summed E-state index contributed by atoms with van der Waals surface area (Å²) in [4.78, 5) is 4.25. The van der Waals surface area contributed by atoms with Gasteiger partial charge in [0.2, 0.25) is 10.0 Å². The molecule has 0 saturated heterocycles. The number of hydrogen-bond donors (Lipinski definition) is 2. The molecule has 92 valence electrons. The standard InChI is InChI=1S/C9H12N4O2S2/c1-2-8(9-10-3-4-16-9)13-17(14,15)7-5-11-12-6-7/h3-6,8,13H,2H2,1H3,(H,11,12)/t8-/m1/s1. The van der Waals surface area contributed by atoms with E-state index in [1.54, 1.807) is 6.20 Å². The Labute approximate surface area is 103 Å². The van der Waals surface area contributed by atoms with Crippen LogP contribution in [0.4, 0.5) is 0 Å². The smallest absolute Gasteiger partial charge is 0.244 e. The second-order valence-corrected chi connectivity index (χ2v) is 6.03. The van der Waals surface area contributed by atoms with Crippen molar-refractivity contribution in [3.63, 3.8) is 0 Å². The summed E-state index contributed by atoms with van der Waals surface area (Å²) < 4.78 is 26.5. The predicted molar refractivity (Wildman–Crippen MR) is 64.1 cm³/mol. The van der Waals surface area contributed by atoms with E-state index < -0.39 is 10.0 Å². The number of aromatic amines is 1. The van der Waals surface area contributed by atoms with Crippen LogP contribution in [0.15, 0.2) is 28.9 Å². The first kappa shape index (κ1) is 12.2. The minimum Gasteiger partial charge on any atom is -0.284 e. The summed E-state index contributed by atoms with van der Waals surface area (Å²) in [5.41, 5.74) is 0. The van der Waals surface area contributed by atoms with Gasteiger partial charge in [0, 0.05) is 17.8 Å². The maximum Gasteiger partial charge on any atom is 0.244 e. The van der Waals surface area contributed by atoms with Crippen LogP contribution in [0.2, 0.25) is 0 Å². The second-order valence-electron chi connectivity index (χ2n) is 3.39. The Morgan fingerprint density at radius 3 is 2.94 bits per heavy atom. The van der Waals surface area contributed by atoms with Gasteiger partial charge in [0.1, 0.15) is 9.90 Å². The van der Waals surface area contributed by atoms with E-state index in [0.29, 0.717) is 6.42 Å². The molecule has 0 aromatic carbocycles. The molecule has 0 aliphatic carbocycles. The second kappa shape index (κ2) is 4.94. The molecule has 1 atom stereocenters. The maximum absolute atomic E-state index is 12.0. The Morgan fingerprint density at radius 2 is 2.41 bits per heavy atom. The quantitative estimate of drug-likeness (QED) is 0.858.